The van der Waals surface area contributed by atoms with Crippen LogP contribution in [0.3, 0.4) is 0 Å². The first kappa shape index (κ1) is 9.47. The first-order valence-corrected chi connectivity index (χ1v) is 5.73. The Labute approximate surface area is 81.7 Å². The van der Waals surface area contributed by atoms with Gasteiger partial charge in [-0.05, 0) is 52.1 Å². The van der Waals surface area contributed by atoms with Gasteiger partial charge < -0.3 is 5.32 Å². The molecule has 1 heterocycles. The lowest BCUT2D eigenvalue weighted by Gasteiger charge is -2.30. The summed E-state index contributed by atoms with van der Waals surface area (Å²) in [6.07, 6.45) is 5.76. The zero-order valence-corrected chi connectivity index (χ0v) is 8.92. The fourth-order valence-electron chi connectivity index (χ4n) is 2.70. The highest BCUT2D eigenvalue weighted by atomic mass is 15.2. The maximum absolute atomic E-state index is 3.31. The predicted molar refractivity (Wildman–Crippen MR) is 55.8 cm³/mol. The van der Waals surface area contributed by atoms with E-state index in [9.17, 15) is 0 Å². The van der Waals surface area contributed by atoms with Crippen molar-refractivity contribution in [3.63, 3.8) is 0 Å². The number of likely N-dealkylation sites (N-methyl/N-ethyl adjacent to an activating group) is 1. The number of likely N-dealkylation sites (tertiary alicyclic amines) is 1. The Morgan fingerprint density at radius 1 is 1.38 bits per heavy atom. The van der Waals surface area contributed by atoms with Gasteiger partial charge >= 0.3 is 0 Å². The first-order chi connectivity index (χ1) is 6.33. The van der Waals surface area contributed by atoms with Crippen LogP contribution in [-0.2, 0) is 0 Å². The van der Waals surface area contributed by atoms with Gasteiger partial charge in [0, 0.05) is 18.6 Å². The molecular formula is C11H22N2. The van der Waals surface area contributed by atoms with Crippen molar-refractivity contribution < 1.29 is 0 Å². The number of hydrogen-bond donors (Lipinski definition) is 1. The van der Waals surface area contributed by atoms with Crippen molar-refractivity contribution in [2.75, 3.05) is 20.1 Å². The third-order valence-corrected chi connectivity index (χ3v) is 3.69. The highest BCUT2D eigenvalue weighted by molar-refractivity contribution is 4.91. The zero-order chi connectivity index (χ0) is 9.26. The smallest absolute Gasteiger partial charge is 0.0223 e. The fraction of sp³-hybridized carbons (Fsp3) is 1.00. The quantitative estimate of drug-likeness (QED) is 0.708. The van der Waals surface area contributed by atoms with Gasteiger partial charge in [0.2, 0.25) is 0 Å². The molecule has 2 aliphatic rings. The Kier molecular flexibility index (Phi) is 2.89. The molecule has 0 amide bonds. The van der Waals surface area contributed by atoms with E-state index in [1.54, 1.807) is 0 Å². The average molecular weight is 182 g/mol. The van der Waals surface area contributed by atoms with E-state index in [1.807, 2.05) is 0 Å². The minimum atomic E-state index is 0.820. The molecule has 2 atom stereocenters. The Balaban J connectivity index is 1.87. The normalized spacial score (nSPS) is 32.3. The van der Waals surface area contributed by atoms with Gasteiger partial charge in [-0.2, -0.15) is 0 Å². The minimum absolute atomic E-state index is 0.820. The molecule has 0 bridgehead atoms. The number of nitrogens with one attached hydrogen (secondary N) is 1. The highest BCUT2D eigenvalue weighted by Crippen LogP contribution is 2.37. The Morgan fingerprint density at radius 2 is 2.15 bits per heavy atom. The lowest BCUT2D eigenvalue weighted by molar-refractivity contribution is 0.172. The minimum Gasteiger partial charge on any atom is -0.318 e. The van der Waals surface area contributed by atoms with Gasteiger partial charge in [-0.3, -0.25) is 4.90 Å². The molecule has 2 fully saturated rings. The molecule has 1 aliphatic heterocycles. The Bertz CT molecular complexity index is 165. The summed E-state index contributed by atoms with van der Waals surface area (Å²) in [5.41, 5.74) is 0. The van der Waals surface area contributed by atoms with Crippen molar-refractivity contribution in [1.29, 1.82) is 0 Å². The van der Waals surface area contributed by atoms with Gasteiger partial charge in [0.25, 0.3) is 0 Å². The third kappa shape index (κ3) is 2.05. The van der Waals surface area contributed by atoms with Gasteiger partial charge in [-0.15, -0.1) is 0 Å². The molecular weight excluding hydrogens is 160 g/mol. The van der Waals surface area contributed by atoms with E-state index in [1.165, 1.54) is 38.8 Å². The van der Waals surface area contributed by atoms with Crippen molar-refractivity contribution in [2.45, 2.75) is 44.7 Å². The monoisotopic (exact) mass is 182 g/mol. The number of hydrogen-bond acceptors (Lipinski definition) is 2. The number of rotatable bonds is 4. The summed E-state index contributed by atoms with van der Waals surface area (Å²) in [6.45, 7) is 4.94. The maximum atomic E-state index is 3.31. The SMILES string of the molecule is CNCC1CCCN1C(C)C1CC1. The molecule has 0 spiro atoms. The first-order valence-electron chi connectivity index (χ1n) is 5.73. The van der Waals surface area contributed by atoms with Crippen molar-refractivity contribution in [3.05, 3.63) is 0 Å². The summed E-state index contributed by atoms with van der Waals surface area (Å²) in [7, 11) is 2.07. The fourth-order valence-corrected chi connectivity index (χ4v) is 2.70. The molecule has 0 aromatic heterocycles. The second kappa shape index (κ2) is 3.97. The van der Waals surface area contributed by atoms with E-state index in [0.717, 1.165) is 18.0 Å². The summed E-state index contributed by atoms with van der Waals surface area (Å²) >= 11 is 0. The van der Waals surface area contributed by atoms with Crippen LogP contribution in [-0.4, -0.2) is 37.1 Å². The van der Waals surface area contributed by atoms with Crippen LogP contribution < -0.4 is 5.32 Å². The van der Waals surface area contributed by atoms with E-state index in [4.69, 9.17) is 0 Å². The standard InChI is InChI=1S/C11H22N2/c1-9(10-5-6-10)13-7-3-4-11(13)8-12-2/h9-12H,3-8H2,1-2H3. The van der Waals surface area contributed by atoms with Crippen LogP contribution in [0.2, 0.25) is 0 Å². The van der Waals surface area contributed by atoms with E-state index in [2.05, 4.69) is 24.2 Å². The lowest BCUT2D eigenvalue weighted by Crippen LogP contribution is -2.43. The largest absolute Gasteiger partial charge is 0.318 e. The van der Waals surface area contributed by atoms with Crippen LogP contribution in [0.25, 0.3) is 0 Å². The van der Waals surface area contributed by atoms with Crippen LogP contribution in [0, 0.1) is 5.92 Å². The summed E-state index contributed by atoms with van der Waals surface area (Å²) in [4.78, 5) is 2.73. The van der Waals surface area contributed by atoms with Gasteiger partial charge in [-0.25, -0.2) is 0 Å². The highest BCUT2D eigenvalue weighted by Gasteiger charge is 2.36. The van der Waals surface area contributed by atoms with Crippen molar-refractivity contribution in [2.24, 2.45) is 5.92 Å². The molecule has 1 saturated heterocycles. The lowest BCUT2D eigenvalue weighted by atomic mass is 10.1. The molecule has 2 heteroatoms. The molecule has 1 N–H and O–H groups in total. The summed E-state index contributed by atoms with van der Waals surface area (Å²) < 4.78 is 0. The van der Waals surface area contributed by atoms with Gasteiger partial charge in [-0.1, -0.05) is 0 Å². The molecule has 1 aliphatic carbocycles. The predicted octanol–water partition coefficient (Wildman–Crippen LogP) is 1.47. The Morgan fingerprint density at radius 3 is 2.77 bits per heavy atom. The molecule has 2 nitrogen and oxygen atoms in total. The molecule has 0 aromatic carbocycles. The summed E-state index contributed by atoms with van der Waals surface area (Å²) in [5.74, 6) is 1.03. The average Bonchev–Trinajstić information content (AvgIpc) is 2.87. The van der Waals surface area contributed by atoms with E-state index < -0.39 is 0 Å². The van der Waals surface area contributed by atoms with E-state index in [0.29, 0.717) is 0 Å². The van der Waals surface area contributed by atoms with Crippen LogP contribution >= 0.6 is 0 Å². The molecule has 0 radical (unpaired) electrons. The third-order valence-electron chi connectivity index (χ3n) is 3.69. The molecule has 0 aromatic rings. The van der Waals surface area contributed by atoms with Crippen LogP contribution in [0.1, 0.15) is 32.6 Å². The topological polar surface area (TPSA) is 15.3 Å². The van der Waals surface area contributed by atoms with Crippen molar-refractivity contribution in [3.8, 4) is 0 Å². The van der Waals surface area contributed by atoms with E-state index in [-0.39, 0.29) is 0 Å². The maximum Gasteiger partial charge on any atom is 0.0223 e. The zero-order valence-electron chi connectivity index (χ0n) is 8.92. The molecule has 13 heavy (non-hydrogen) atoms. The van der Waals surface area contributed by atoms with Crippen molar-refractivity contribution in [1.82, 2.24) is 10.2 Å². The molecule has 76 valence electrons. The molecule has 2 unspecified atom stereocenters. The van der Waals surface area contributed by atoms with Crippen LogP contribution in [0.5, 0.6) is 0 Å². The number of nitrogens with zero attached hydrogens (tertiary/aromatic N) is 1. The van der Waals surface area contributed by atoms with Crippen LogP contribution in [0.15, 0.2) is 0 Å². The molecule has 1 saturated carbocycles. The Hall–Kier alpha value is -0.0800. The van der Waals surface area contributed by atoms with Gasteiger partial charge in [0.05, 0.1) is 0 Å². The summed E-state index contributed by atoms with van der Waals surface area (Å²) in [5, 5.41) is 3.31. The van der Waals surface area contributed by atoms with Gasteiger partial charge in [0.15, 0.2) is 0 Å². The molecule has 2 rings (SSSR count). The van der Waals surface area contributed by atoms with Gasteiger partial charge in [0.1, 0.15) is 0 Å². The summed E-state index contributed by atoms with van der Waals surface area (Å²) in [6, 6.07) is 1.67. The van der Waals surface area contributed by atoms with Crippen LogP contribution in [0.4, 0.5) is 0 Å². The second-order valence-corrected chi connectivity index (χ2v) is 4.67. The van der Waals surface area contributed by atoms with Crippen molar-refractivity contribution >= 4 is 0 Å². The second-order valence-electron chi connectivity index (χ2n) is 4.67. The van der Waals surface area contributed by atoms with E-state index >= 15 is 0 Å².